The topological polar surface area (TPSA) is 26.0 Å². The lowest BCUT2D eigenvalue weighted by Gasteiger charge is -2.12. The zero-order valence-corrected chi connectivity index (χ0v) is 8.44. The minimum Gasteiger partial charge on any atom is -0.325 e. The SMILES string of the molecule is NC1(Cc2cc(C(F)(F)F)ccc2F)CC1. The molecule has 1 aliphatic rings. The molecule has 0 spiro atoms. The first-order chi connectivity index (χ1) is 7.30. The highest BCUT2D eigenvalue weighted by Gasteiger charge is 2.39. The Labute approximate surface area is 90.3 Å². The van der Waals surface area contributed by atoms with Gasteiger partial charge in [-0.3, -0.25) is 0 Å². The van der Waals surface area contributed by atoms with Crippen molar-refractivity contribution in [3.05, 3.63) is 35.1 Å². The third-order valence-electron chi connectivity index (χ3n) is 2.81. The van der Waals surface area contributed by atoms with Crippen LogP contribution in [0.4, 0.5) is 17.6 Å². The number of nitrogens with two attached hydrogens (primary N) is 1. The van der Waals surface area contributed by atoms with Crippen LogP contribution in [0.3, 0.4) is 0 Å². The quantitative estimate of drug-likeness (QED) is 0.781. The first kappa shape index (κ1) is 11.4. The van der Waals surface area contributed by atoms with Crippen LogP contribution in [0.2, 0.25) is 0 Å². The average Bonchev–Trinajstić information content (AvgIpc) is 2.86. The standard InChI is InChI=1S/C11H11F4N/c12-9-2-1-8(11(13,14)15)5-7(9)6-10(16)3-4-10/h1-2,5H,3-4,6,16H2. The zero-order chi connectivity index (χ0) is 12.0. The van der Waals surface area contributed by atoms with Gasteiger partial charge in [-0.05, 0) is 43.0 Å². The Morgan fingerprint density at radius 2 is 1.88 bits per heavy atom. The van der Waals surface area contributed by atoms with E-state index in [1.54, 1.807) is 0 Å². The van der Waals surface area contributed by atoms with Crippen LogP contribution in [-0.4, -0.2) is 5.54 Å². The molecule has 16 heavy (non-hydrogen) atoms. The number of halogens is 4. The van der Waals surface area contributed by atoms with Gasteiger partial charge in [0.05, 0.1) is 5.56 Å². The number of benzene rings is 1. The molecule has 1 aliphatic carbocycles. The summed E-state index contributed by atoms with van der Waals surface area (Å²) in [6.45, 7) is 0. The highest BCUT2D eigenvalue weighted by molar-refractivity contribution is 5.29. The molecule has 0 heterocycles. The Balaban J connectivity index is 2.29. The summed E-state index contributed by atoms with van der Waals surface area (Å²) in [5.74, 6) is -0.621. The Morgan fingerprint density at radius 1 is 1.25 bits per heavy atom. The zero-order valence-electron chi connectivity index (χ0n) is 8.44. The van der Waals surface area contributed by atoms with E-state index in [2.05, 4.69) is 0 Å². The van der Waals surface area contributed by atoms with Gasteiger partial charge in [0.2, 0.25) is 0 Å². The lowest BCUT2D eigenvalue weighted by atomic mass is 10.0. The summed E-state index contributed by atoms with van der Waals surface area (Å²) in [5.41, 5.74) is 4.49. The summed E-state index contributed by atoms with van der Waals surface area (Å²) in [6.07, 6.45) is -2.79. The van der Waals surface area contributed by atoms with Crippen molar-refractivity contribution in [2.24, 2.45) is 5.73 Å². The molecule has 1 aromatic rings. The second-order valence-corrected chi connectivity index (χ2v) is 4.34. The highest BCUT2D eigenvalue weighted by atomic mass is 19.4. The Morgan fingerprint density at radius 3 is 2.38 bits per heavy atom. The maximum absolute atomic E-state index is 13.3. The van der Waals surface area contributed by atoms with E-state index in [0.29, 0.717) is 0 Å². The molecule has 1 nitrogen and oxygen atoms in total. The average molecular weight is 233 g/mol. The lowest BCUT2D eigenvalue weighted by molar-refractivity contribution is -0.137. The number of rotatable bonds is 2. The maximum Gasteiger partial charge on any atom is 0.416 e. The fourth-order valence-electron chi connectivity index (χ4n) is 1.60. The first-order valence-electron chi connectivity index (χ1n) is 4.95. The molecular formula is C11H11F4N. The second-order valence-electron chi connectivity index (χ2n) is 4.34. The molecule has 1 saturated carbocycles. The van der Waals surface area contributed by atoms with Gasteiger partial charge in [-0.2, -0.15) is 13.2 Å². The monoisotopic (exact) mass is 233 g/mol. The van der Waals surface area contributed by atoms with Gasteiger partial charge in [0.25, 0.3) is 0 Å². The van der Waals surface area contributed by atoms with Crippen LogP contribution >= 0.6 is 0 Å². The Bertz CT molecular complexity index is 407. The molecule has 88 valence electrons. The molecule has 0 saturated heterocycles. The Hall–Kier alpha value is -1.10. The molecule has 2 rings (SSSR count). The smallest absolute Gasteiger partial charge is 0.325 e. The van der Waals surface area contributed by atoms with E-state index >= 15 is 0 Å². The van der Waals surface area contributed by atoms with Gasteiger partial charge in [-0.15, -0.1) is 0 Å². The van der Waals surface area contributed by atoms with Gasteiger partial charge in [0.1, 0.15) is 5.82 Å². The summed E-state index contributed by atoms with van der Waals surface area (Å²) in [6, 6.07) is 2.45. The van der Waals surface area contributed by atoms with Gasteiger partial charge in [-0.25, -0.2) is 4.39 Å². The fraction of sp³-hybridized carbons (Fsp3) is 0.455. The predicted molar refractivity (Wildman–Crippen MR) is 51.3 cm³/mol. The number of hydrogen-bond donors (Lipinski definition) is 1. The van der Waals surface area contributed by atoms with E-state index in [1.807, 2.05) is 0 Å². The van der Waals surface area contributed by atoms with Crippen molar-refractivity contribution >= 4 is 0 Å². The van der Waals surface area contributed by atoms with Crippen LogP contribution < -0.4 is 5.73 Å². The normalized spacial score (nSPS) is 18.6. The molecule has 0 aromatic heterocycles. The van der Waals surface area contributed by atoms with E-state index in [4.69, 9.17) is 5.73 Å². The molecule has 0 atom stereocenters. The van der Waals surface area contributed by atoms with Crippen LogP contribution in [0, 0.1) is 5.82 Å². The minimum atomic E-state index is -4.44. The van der Waals surface area contributed by atoms with E-state index in [9.17, 15) is 17.6 Å². The molecular weight excluding hydrogens is 222 g/mol. The van der Waals surface area contributed by atoms with E-state index in [0.717, 1.165) is 31.0 Å². The number of hydrogen-bond acceptors (Lipinski definition) is 1. The van der Waals surface area contributed by atoms with Gasteiger partial charge in [-0.1, -0.05) is 0 Å². The van der Waals surface area contributed by atoms with E-state index in [1.165, 1.54) is 0 Å². The number of alkyl halides is 3. The summed E-state index contributed by atoms with van der Waals surface area (Å²) in [7, 11) is 0. The van der Waals surface area contributed by atoms with Gasteiger partial charge in [0.15, 0.2) is 0 Å². The van der Waals surface area contributed by atoms with Crippen LogP contribution in [0.25, 0.3) is 0 Å². The molecule has 0 amide bonds. The van der Waals surface area contributed by atoms with Crippen LogP contribution in [0.5, 0.6) is 0 Å². The molecule has 0 aliphatic heterocycles. The molecule has 1 fully saturated rings. The molecule has 0 unspecified atom stereocenters. The molecule has 5 heteroatoms. The van der Waals surface area contributed by atoms with Crippen molar-refractivity contribution in [2.45, 2.75) is 31.0 Å². The summed E-state index contributed by atoms with van der Waals surface area (Å²) in [5, 5.41) is 0. The lowest BCUT2D eigenvalue weighted by Crippen LogP contribution is -2.25. The van der Waals surface area contributed by atoms with Crippen LogP contribution in [0.1, 0.15) is 24.0 Å². The van der Waals surface area contributed by atoms with Crippen molar-refractivity contribution < 1.29 is 17.6 Å². The third kappa shape index (κ3) is 2.35. The minimum absolute atomic E-state index is 0.0508. The van der Waals surface area contributed by atoms with Crippen molar-refractivity contribution in [1.29, 1.82) is 0 Å². The molecule has 0 bridgehead atoms. The third-order valence-corrected chi connectivity index (χ3v) is 2.81. The first-order valence-corrected chi connectivity index (χ1v) is 4.95. The van der Waals surface area contributed by atoms with Gasteiger partial charge < -0.3 is 5.73 Å². The maximum atomic E-state index is 13.3. The Kier molecular flexibility index (Phi) is 2.45. The molecule has 2 N–H and O–H groups in total. The van der Waals surface area contributed by atoms with Crippen molar-refractivity contribution in [1.82, 2.24) is 0 Å². The van der Waals surface area contributed by atoms with Gasteiger partial charge in [0, 0.05) is 5.54 Å². The second kappa shape index (κ2) is 3.45. The summed E-state index contributed by atoms with van der Waals surface area (Å²) >= 11 is 0. The van der Waals surface area contributed by atoms with Crippen molar-refractivity contribution in [2.75, 3.05) is 0 Å². The van der Waals surface area contributed by atoms with Crippen LogP contribution in [-0.2, 0) is 12.6 Å². The molecule has 1 aromatic carbocycles. The summed E-state index contributed by atoms with van der Waals surface area (Å²) < 4.78 is 50.5. The predicted octanol–water partition coefficient (Wildman–Crippen LogP) is 2.88. The van der Waals surface area contributed by atoms with E-state index < -0.39 is 23.1 Å². The van der Waals surface area contributed by atoms with E-state index in [-0.39, 0.29) is 12.0 Å². The van der Waals surface area contributed by atoms with Crippen molar-refractivity contribution in [3.8, 4) is 0 Å². The van der Waals surface area contributed by atoms with Crippen molar-refractivity contribution in [3.63, 3.8) is 0 Å². The summed E-state index contributed by atoms with van der Waals surface area (Å²) in [4.78, 5) is 0. The highest BCUT2D eigenvalue weighted by Crippen LogP contribution is 2.37. The molecule has 0 radical (unpaired) electrons. The van der Waals surface area contributed by atoms with Gasteiger partial charge >= 0.3 is 6.18 Å². The largest absolute Gasteiger partial charge is 0.416 e. The van der Waals surface area contributed by atoms with Crippen LogP contribution in [0.15, 0.2) is 18.2 Å². The fourth-order valence-corrected chi connectivity index (χ4v) is 1.60.